The van der Waals surface area contributed by atoms with Crippen LogP contribution in [-0.4, -0.2) is 70.2 Å². The molecule has 1 fully saturated rings. The second-order valence-electron chi connectivity index (χ2n) is 12.9. The Morgan fingerprint density at radius 1 is 1.09 bits per heavy atom. The summed E-state index contributed by atoms with van der Waals surface area (Å²) in [5, 5.41) is 32.6. The molecular formula is C32H44N8O3. The van der Waals surface area contributed by atoms with Crippen LogP contribution in [0.15, 0.2) is 54.4 Å². The number of allylic oxidation sites excluding steroid dienone is 1. The third kappa shape index (κ3) is 7.27. The number of hydrogen-bond donors (Lipinski definition) is 4. The number of hydrogen-bond acceptors (Lipinski definition) is 8. The maximum atomic E-state index is 12.7. The summed E-state index contributed by atoms with van der Waals surface area (Å²) in [4.78, 5) is 17.3. The molecule has 0 saturated carbocycles. The van der Waals surface area contributed by atoms with Gasteiger partial charge in [-0.05, 0) is 69.0 Å². The number of ether oxygens (including phenoxy) is 1. The number of rotatable bonds is 7. The molecule has 1 aromatic carbocycles. The second kappa shape index (κ2) is 12.6. The van der Waals surface area contributed by atoms with E-state index in [0.717, 1.165) is 60.9 Å². The third-order valence-electron chi connectivity index (χ3n) is 8.20. The highest BCUT2D eigenvalue weighted by molar-refractivity contribution is 6.02. The van der Waals surface area contributed by atoms with Gasteiger partial charge >= 0.3 is 6.03 Å². The number of piperidine rings is 1. The number of nitrogens with zero attached hydrogens (tertiary/aromatic N) is 5. The predicted molar refractivity (Wildman–Crippen MR) is 168 cm³/mol. The molecule has 1 aliphatic carbocycles. The van der Waals surface area contributed by atoms with Crippen LogP contribution >= 0.6 is 0 Å². The Kier molecular flexibility index (Phi) is 8.91. The van der Waals surface area contributed by atoms with Crippen LogP contribution in [0.5, 0.6) is 5.75 Å². The van der Waals surface area contributed by atoms with Crippen LogP contribution in [-0.2, 0) is 0 Å². The average Bonchev–Trinajstić information content (AvgIpc) is 3.37. The fourth-order valence-corrected chi connectivity index (χ4v) is 5.87. The van der Waals surface area contributed by atoms with Crippen molar-refractivity contribution in [2.45, 2.75) is 58.6 Å². The van der Waals surface area contributed by atoms with Gasteiger partial charge in [-0.2, -0.15) is 0 Å². The number of nitrogens with one attached hydrogen (secondary N) is 3. The van der Waals surface area contributed by atoms with Gasteiger partial charge in [0.2, 0.25) is 5.95 Å². The van der Waals surface area contributed by atoms with Crippen LogP contribution < -0.4 is 20.3 Å². The highest BCUT2D eigenvalue weighted by Crippen LogP contribution is 2.39. The van der Waals surface area contributed by atoms with E-state index in [9.17, 15) is 9.90 Å². The van der Waals surface area contributed by atoms with E-state index in [2.05, 4.69) is 44.7 Å². The summed E-state index contributed by atoms with van der Waals surface area (Å²) in [7, 11) is 4.26. The largest absolute Gasteiger partial charge is 0.512 e. The van der Waals surface area contributed by atoms with E-state index in [1.54, 1.807) is 0 Å². The molecule has 11 heteroatoms. The van der Waals surface area contributed by atoms with Gasteiger partial charge in [-0.3, -0.25) is 15.1 Å². The minimum atomic E-state index is -0.509. The fraction of sp³-hybridized carbons (Fsp3) is 0.500. The topological polar surface area (TPSA) is 131 Å². The number of carbonyl (C=O) groups excluding carboxylic acids is 1. The molecule has 2 atom stereocenters. The van der Waals surface area contributed by atoms with Crippen molar-refractivity contribution < 1.29 is 14.6 Å². The SMILES string of the molecule is CN(C)CC1CCN(c2nnc3ccc(O[C@@H]4CC[C@H](NC(=O)NC(=N)/C=C(\O)C(C)(C)C)c5ccccc54)cn23)CC1. The minimum Gasteiger partial charge on any atom is -0.512 e. The van der Waals surface area contributed by atoms with Crippen molar-refractivity contribution >= 4 is 23.5 Å². The number of aromatic nitrogens is 3. The van der Waals surface area contributed by atoms with Crippen LogP contribution in [0.25, 0.3) is 5.65 Å². The number of benzene rings is 1. The van der Waals surface area contributed by atoms with Gasteiger partial charge in [0.25, 0.3) is 0 Å². The molecule has 43 heavy (non-hydrogen) atoms. The number of carbonyl (C=O) groups is 1. The monoisotopic (exact) mass is 588 g/mol. The molecule has 1 saturated heterocycles. The standard InChI is InChI=1S/C32H44N8O3/c1-32(2,3)27(41)18-28(33)35-30(42)34-25-11-12-26(24-9-7-6-8-23(24)25)43-22-10-13-29-36-37-31(40(29)20-22)39-16-14-21(15-17-39)19-38(4)5/h6-10,13,18,20-21,25-26,41H,11-12,14-17,19H2,1-5H3,(H3,33,34,35,42)/b27-18-/t25-,26+/m0/s1. The van der Waals surface area contributed by atoms with E-state index in [-0.39, 0.29) is 23.7 Å². The fourth-order valence-electron chi connectivity index (χ4n) is 5.87. The first-order valence-corrected chi connectivity index (χ1v) is 15.0. The Bertz CT molecular complexity index is 1480. The van der Waals surface area contributed by atoms with Crippen molar-refractivity contribution in [3.63, 3.8) is 0 Å². The summed E-state index contributed by atoms with van der Waals surface area (Å²) < 4.78 is 8.58. The third-order valence-corrected chi connectivity index (χ3v) is 8.20. The van der Waals surface area contributed by atoms with Gasteiger partial charge < -0.3 is 25.0 Å². The summed E-state index contributed by atoms with van der Waals surface area (Å²) in [6, 6.07) is 11.1. The predicted octanol–water partition coefficient (Wildman–Crippen LogP) is 5.23. The van der Waals surface area contributed by atoms with Crippen molar-refractivity contribution in [1.29, 1.82) is 5.41 Å². The minimum absolute atomic E-state index is 0.0298. The van der Waals surface area contributed by atoms with Gasteiger partial charge in [0.05, 0.1) is 12.2 Å². The number of fused-ring (bicyclic) bond motifs is 2. The van der Waals surface area contributed by atoms with Gasteiger partial charge in [0, 0.05) is 31.1 Å². The first-order chi connectivity index (χ1) is 20.5. The first kappa shape index (κ1) is 30.3. The Morgan fingerprint density at radius 2 is 1.81 bits per heavy atom. The van der Waals surface area contributed by atoms with E-state index in [4.69, 9.17) is 10.1 Å². The van der Waals surface area contributed by atoms with E-state index in [1.165, 1.54) is 6.08 Å². The van der Waals surface area contributed by atoms with E-state index in [0.29, 0.717) is 18.8 Å². The second-order valence-corrected chi connectivity index (χ2v) is 12.9. The number of amides is 2. The van der Waals surface area contributed by atoms with Crippen molar-refractivity contribution in [1.82, 2.24) is 30.1 Å². The number of aliphatic hydroxyl groups excluding tert-OH is 1. The molecule has 2 amide bonds. The molecule has 0 unspecified atom stereocenters. The number of urea groups is 1. The quantitative estimate of drug-likeness (QED) is 0.169. The van der Waals surface area contributed by atoms with Crippen LogP contribution in [0.2, 0.25) is 0 Å². The zero-order valence-corrected chi connectivity index (χ0v) is 25.8. The summed E-state index contributed by atoms with van der Waals surface area (Å²) in [6.07, 6.45) is 6.71. The van der Waals surface area contributed by atoms with Crippen molar-refractivity contribution in [3.05, 3.63) is 65.6 Å². The number of anilines is 1. The smallest absolute Gasteiger partial charge is 0.320 e. The molecule has 5 rings (SSSR count). The normalized spacial score (nSPS) is 19.8. The Labute approximate surface area is 253 Å². The van der Waals surface area contributed by atoms with Gasteiger partial charge in [-0.15, -0.1) is 10.2 Å². The molecule has 2 aromatic heterocycles. The molecule has 1 aliphatic heterocycles. The molecule has 2 aliphatic rings. The lowest BCUT2D eigenvalue weighted by molar-refractivity contribution is 0.171. The lowest BCUT2D eigenvalue weighted by atomic mass is 9.85. The molecule has 230 valence electrons. The maximum Gasteiger partial charge on any atom is 0.320 e. The number of aliphatic hydroxyl groups is 1. The summed E-state index contributed by atoms with van der Waals surface area (Å²) in [5.74, 6) is 2.14. The highest BCUT2D eigenvalue weighted by Gasteiger charge is 2.30. The van der Waals surface area contributed by atoms with Crippen LogP contribution in [0.4, 0.5) is 10.7 Å². The summed E-state index contributed by atoms with van der Waals surface area (Å²) in [6.45, 7) is 8.53. The average molecular weight is 589 g/mol. The zero-order chi connectivity index (χ0) is 30.7. The zero-order valence-electron chi connectivity index (χ0n) is 25.8. The molecule has 4 N–H and O–H groups in total. The van der Waals surface area contributed by atoms with Crippen LogP contribution in [0.3, 0.4) is 0 Å². The Balaban J connectivity index is 1.26. The van der Waals surface area contributed by atoms with Gasteiger partial charge in [-0.1, -0.05) is 45.0 Å². The molecule has 3 aromatic rings. The van der Waals surface area contributed by atoms with E-state index < -0.39 is 11.4 Å². The van der Waals surface area contributed by atoms with Gasteiger partial charge in [-0.25, -0.2) is 4.79 Å². The molecule has 0 bridgehead atoms. The maximum absolute atomic E-state index is 12.7. The molecule has 0 radical (unpaired) electrons. The number of pyridine rings is 1. The van der Waals surface area contributed by atoms with E-state index >= 15 is 0 Å². The number of amidine groups is 1. The van der Waals surface area contributed by atoms with Crippen molar-refractivity contribution in [2.24, 2.45) is 11.3 Å². The lowest BCUT2D eigenvalue weighted by Crippen LogP contribution is -2.42. The summed E-state index contributed by atoms with van der Waals surface area (Å²) >= 11 is 0. The molecule has 3 heterocycles. The van der Waals surface area contributed by atoms with Gasteiger partial charge in [0.15, 0.2) is 5.65 Å². The van der Waals surface area contributed by atoms with Crippen LogP contribution in [0, 0.1) is 16.7 Å². The van der Waals surface area contributed by atoms with Crippen molar-refractivity contribution in [2.75, 3.05) is 38.6 Å². The Hall–Kier alpha value is -4.12. The lowest BCUT2D eigenvalue weighted by Gasteiger charge is -2.33. The highest BCUT2D eigenvalue weighted by atomic mass is 16.5. The molecule has 0 spiro atoms. The van der Waals surface area contributed by atoms with Crippen molar-refractivity contribution in [3.8, 4) is 5.75 Å². The molecule has 11 nitrogen and oxygen atoms in total. The first-order valence-electron chi connectivity index (χ1n) is 15.0. The van der Waals surface area contributed by atoms with Crippen LogP contribution in [0.1, 0.15) is 69.7 Å². The Morgan fingerprint density at radius 3 is 2.51 bits per heavy atom. The summed E-state index contributed by atoms with van der Waals surface area (Å²) in [5.41, 5.74) is 2.28. The van der Waals surface area contributed by atoms with Gasteiger partial charge in [0.1, 0.15) is 23.4 Å². The van der Waals surface area contributed by atoms with E-state index in [1.807, 2.05) is 67.8 Å². The molecular weight excluding hydrogens is 544 g/mol.